The molecule has 1 amide bonds. The van der Waals surface area contributed by atoms with Crippen LogP contribution < -0.4 is 15.3 Å². The summed E-state index contributed by atoms with van der Waals surface area (Å²) in [6.07, 6.45) is 3.20. The average molecular weight is 594 g/mol. The normalized spacial score (nSPS) is 21.8. The van der Waals surface area contributed by atoms with Crippen molar-refractivity contribution >= 4 is 50.3 Å². The monoisotopic (exact) mass is 592 g/mol. The van der Waals surface area contributed by atoms with E-state index in [0.717, 1.165) is 5.39 Å². The summed E-state index contributed by atoms with van der Waals surface area (Å²) in [6.45, 7) is 11.2. The Morgan fingerprint density at radius 3 is 2.70 bits per heavy atom. The standard InChI is InChI=1S/C25H30BrClN6O4/c1-14-11-32(24(35)37-25(3,4)5)15(2)10-31(14)22-17-9-18(27)19(26)21-20(17)33(23(34)29-22)16(13-36-21)12-30-8-6-7-28-30/h6-9,14-16H,10-13H2,1-5H3/t14-,15-,16+/m0/s1. The van der Waals surface area contributed by atoms with Crippen LogP contribution in [0, 0.1) is 0 Å². The second kappa shape index (κ2) is 9.50. The number of piperazine rings is 1. The SMILES string of the molecule is C[C@H]1CN(c2nc(=O)n3c4c(c(Br)c(Cl)cc24)OC[C@H]3Cn2cccn2)[C@@H](C)CN1C(=O)OC(C)(C)C. The highest BCUT2D eigenvalue weighted by Gasteiger charge is 2.37. The molecule has 2 aliphatic heterocycles. The van der Waals surface area contributed by atoms with Crippen LogP contribution in [0.25, 0.3) is 10.9 Å². The van der Waals surface area contributed by atoms with Crippen molar-refractivity contribution in [3.63, 3.8) is 0 Å². The van der Waals surface area contributed by atoms with Crippen molar-refractivity contribution in [1.82, 2.24) is 24.2 Å². The zero-order chi connectivity index (χ0) is 26.6. The zero-order valence-electron chi connectivity index (χ0n) is 21.4. The van der Waals surface area contributed by atoms with E-state index in [9.17, 15) is 9.59 Å². The van der Waals surface area contributed by atoms with E-state index in [1.165, 1.54) is 0 Å². The first-order valence-corrected chi connectivity index (χ1v) is 13.4. The van der Waals surface area contributed by atoms with E-state index in [4.69, 9.17) is 21.1 Å². The first-order chi connectivity index (χ1) is 17.4. The highest BCUT2D eigenvalue weighted by Crippen LogP contribution is 2.44. The van der Waals surface area contributed by atoms with Gasteiger partial charge < -0.3 is 19.3 Å². The molecule has 5 rings (SSSR count). The fourth-order valence-corrected chi connectivity index (χ4v) is 5.61. The number of halogens is 2. The number of amides is 1. The first-order valence-electron chi connectivity index (χ1n) is 12.3. The van der Waals surface area contributed by atoms with Crippen LogP contribution in [0.4, 0.5) is 10.6 Å². The van der Waals surface area contributed by atoms with E-state index in [0.29, 0.717) is 46.2 Å². The van der Waals surface area contributed by atoms with Crippen LogP contribution >= 0.6 is 27.5 Å². The quantitative estimate of drug-likeness (QED) is 0.442. The van der Waals surface area contributed by atoms with Gasteiger partial charge in [-0.05, 0) is 62.7 Å². The lowest BCUT2D eigenvalue weighted by atomic mass is 10.1. The number of carbonyl (C=O) groups is 1. The molecule has 0 spiro atoms. The Morgan fingerprint density at radius 1 is 1.27 bits per heavy atom. The average Bonchev–Trinajstić information content (AvgIpc) is 3.32. The molecule has 2 aromatic heterocycles. The number of hydrogen-bond donors (Lipinski definition) is 0. The molecule has 0 unspecified atom stereocenters. The van der Waals surface area contributed by atoms with Gasteiger partial charge in [0, 0.05) is 43.0 Å². The Morgan fingerprint density at radius 2 is 2.03 bits per heavy atom. The van der Waals surface area contributed by atoms with Crippen molar-refractivity contribution < 1.29 is 14.3 Å². The third-order valence-electron chi connectivity index (χ3n) is 6.67. The molecule has 1 saturated heterocycles. The van der Waals surface area contributed by atoms with E-state index >= 15 is 0 Å². The molecule has 3 atom stereocenters. The van der Waals surface area contributed by atoms with Gasteiger partial charge in [0.2, 0.25) is 0 Å². The summed E-state index contributed by atoms with van der Waals surface area (Å²) in [5.74, 6) is 1.05. The molecule has 0 saturated carbocycles. The number of nitrogens with zero attached hydrogens (tertiary/aromatic N) is 6. The lowest BCUT2D eigenvalue weighted by molar-refractivity contribution is 0.0130. The van der Waals surface area contributed by atoms with Crippen LogP contribution in [0.1, 0.15) is 40.7 Å². The van der Waals surface area contributed by atoms with E-state index in [1.807, 2.05) is 52.9 Å². The first kappa shape index (κ1) is 25.8. The summed E-state index contributed by atoms with van der Waals surface area (Å²) in [5.41, 5.74) is -0.308. The Balaban J connectivity index is 1.57. The maximum absolute atomic E-state index is 13.6. The Bertz CT molecular complexity index is 1400. The minimum absolute atomic E-state index is 0.121. The van der Waals surface area contributed by atoms with E-state index in [1.54, 1.807) is 20.3 Å². The molecule has 0 aliphatic carbocycles. The molecule has 37 heavy (non-hydrogen) atoms. The molecule has 0 bridgehead atoms. The van der Waals surface area contributed by atoms with Gasteiger partial charge in [-0.2, -0.15) is 10.1 Å². The summed E-state index contributed by atoms with van der Waals surface area (Å²) in [7, 11) is 0. The lowest BCUT2D eigenvalue weighted by Gasteiger charge is -2.45. The Kier molecular flexibility index (Phi) is 6.64. The predicted octanol–water partition coefficient (Wildman–Crippen LogP) is 4.48. The van der Waals surface area contributed by atoms with Crippen molar-refractivity contribution in [2.45, 2.75) is 64.9 Å². The molecule has 198 valence electrons. The number of benzene rings is 1. The van der Waals surface area contributed by atoms with Crippen molar-refractivity contribution in [1.29, 1.82) is 0 Å². The van der Waals surface area contributed by atoms with Crippen molar-refractivity contribution in [2.24, 2.45) is 0 Å². The molecule has 2 aliphatic rings. The van der Waals surface area contributed by atoms with Gasteiger partial charge in [0.25, 0.3) is 0 Å². The van der Waals surface area contributed by atoms with E-state index in [-0.39, 0.29) is 36.5 Å². The molecule has 10 nitrogen and oxygen atoms in total. The van der Waals surface area contributed by atoms with Gasteiger partial charge in [-0.1, -0.05) is 11.6 Å². The topological polar surface area (TPSA) is 94.7 Å². The van der Waals surface area contributed by atoms with Gasteiger partial charge in [0.15, 0.2) is 5.75 Å². The Hall–Kier alpha value is -2.79. The summed E-state index contributed by atoms with van der Waals surface area (Å²) < 4.78 is 15.8. The van der Waals surface area contributed by atoms with Crippen molar-refractivity contribution in [3.05, 3.63) is 44.5 Å². The minimum atomic E-state index is -0.583. The molecular formula is C25H30BrClN6O4. The van der Waals surface area contributed by atoms with Gasteiger partial charge in [-0.25, -0.2) is 9.59 Å². The van der Waals surface area contributed by atoms with Gasteiger partial charge in [-0.3, -0.25) is 9.25 Å². The number of aromatic nitrogens is 4. The molecule has 0 radical (unpaired) electrons. The second-order valence-corrected chi connectivity index (χ2v) is 11.9. The maximum atomic E-state index is 13.6. The van der Waals surface area contributed by atoms with Crippen molar-refractivity contribution in [3.8, 4) is 5.75 Å². The molecule has 4 heterocycles. The van der Waals surface area contributed by atoms with Gasteiger partial charge in [-0.15, -0.1) is 0 Å². The summed E-state index contributed by atoms with van der Waals surface area (Å²) in [6, 6.07) is 3.09. The maximum Gasteiger partial charge on any atom is 0.410 e. The largest absolute Gasteiger partial charge is 0.488 e. The van der Waals surface area contributed by atoms with Crippen LogP contribution in [-0.2, 0) is 11.3 Å². The summed E-state index contributed by atoms with van der Waals surface area (Å²) >= 11 is 10.1. The van der Waals surface area contributed by atoms with E-state index < -0.39 is 5.60 Å². The lowest BCUT2D eigenvalue weighted by Crippen LogP contribution is -2.59. The molecule has 0 N–H and O–H groups in total. The molecule has 3 aromatic rings. The third kappa shape index (κ3) is 4.79. The van der Waals surface area contributed by atoms with Crippen LogP contribution in [0.3, 0.4) is 0 Å². The molecule has 1 fully saturated rings. The Labute approximate surface area is 228 Å². The van der Waals surface area contributed by atoms with Crippen LogP contribution in [0.15, 0.2) is 33.8 Å². The second-order valence-electron chi connectivity index (χ2n) is 10.7. The highest BCUT2D eigenvalue weighted by atomic mass is 79.9. The summed E-state index contributed by atoms with van der Waals surface area (Å²) in [5, 5.41) is 5.48. The number of anilines is 1. The van der Waals surface area contributed by atoms with Crippen LogP contribution in [-0.4, -0.2) is 67.7 Å². The van der Waals surface area contributed by atoms with Gasteiger partial charge >= 0.3 is 11.8 Å². The summed E-state index contributed by atoms with van der Waals surface area (Å²) in [4.78, 5) is 34.8. The molecule has 12 heteroatoms. The van der Waals surface area contributed by atoms with Gasteiger partial charge in [0.05, 0.1) is 22.1 Å². The van der Waals surface area contributed by atoms with Crippen molar-refractivity contribution in [2.75, 3.05) is 24.6 Å². The fraction of sp³-hybridized carbons (Fsp3) is 0.520. The number of hydrogen-bond acceptors (Lipinski definition) is 7. The highest BCUT2D eigenvalue weighted by molar-refractivity contribution is 9.10. The van der Waals surface area contributed by atoms with Crippen LogP contribution in [0.2, 0.25) is 5.02 Å². The minimum Gasteiger partial charge on any atom is -0.488 e. The van der Waals surface area contributed by atoms with Gasteiger partial charge in [0.1, 0.15) is 23.5 Å². The molecule has 1 aromatic carbocycles. The van der Waals surface area contributed by atoms with Crippen LogP contribution in [0.5, 0.6) is 5.75 Å². The zero-order valence-corrected chi connectivity index (χ0v) is 23.8. The van der Waals surface area contributed by atoms with E-state index in [2.05, 4.69) is 30.9 Å². The predicted molar refractivity (Wildman–Crippen MR) is 145 cm³/mol. The third-order valence-corrected chi connectivity index (χ3v) is 7.98. The number of carbonyl (C=O) groups excluding carboxylic acids is 1. The number of rotatable bonds is 3. The number of ether oxygens (including phenoxy) is 2. The fourth-order valence-electron chi connectivity index (χ4n) is 5.00. The smallest absolute Gasteiger partial charge is 0.410 e. The molecular weight excluding hydrogens is 564 g/mol.